The zero-order valence-electron chi connectivity index (χ0n) is 10.5. The second-order valence-corrected chi connectivity index (χ2v) is 7.93. The van der Waals surface area contributed by atoms with Crippen LogP contribution in [-0.2, 0) is 15.6 Å². The number of hydrogen-bond donors (Lipinski definition) is 0. The van der Waals surface area contributed by atoms with Crippen molar-refractivity contribution in [3.8, 4) is 0 Å². The maximum atomic E-state index is 11.7. The molecule has 0 aliphatic heterocycles. The number of thioether (sulfide) groups is 1. The van der Waals surface area contributed by atoms with Crippen LogP contribution in [0, 0.1) is 0 Å². The normalized spacial score (nSPS) is 11.6. The molecule has 0 spiro atoms. The molecule has 0 N–H and O–H groups in total. The lowest BCUT2D eigenvalue weighted by atomic mass is 10.4. The van der Waals surface area contributed by atoms with Crippen molar-refractivity contribution in [2.24, 2.45) is 0 Å². The first-order valence-corrected chi connectivity index (χ1v) is 9.23. The third-order valence-electron chi connectivity index (χ3n) is 2.50. The number of halogens is 2. The largest absolute Gasteiger partial charge is 0.257 e. The SMILES string of the molecule is CS(=O)(=O)c1ccccc1SCc1ncc(Cl)cc1Cl. The molecule has 2 aromatic rings. The molecule has 0 saturated carbocycles. The van der Waals surface area contributed by atoms with Gasteiger partial charge in [0.25, 0.3) is 0 Å². The number of hydrogen-bond acceptors (Lipinski definition) is 4. The van der Waals surface area contributed by atoms with E-state index in [1.165, 1.54) is 24.2 Å². The Morgan fingerprint density at radius 2 is 1.95 bits per heavy atom. The molecule has 0 unspecified atom stereocenters. The summed E-state index contributed by atoms with van der Waals surface area (Å²) in [6.07, 6.45) is 2.71. The van der Waals surface area contributed by atoms with Crippen LogP contribution in [0.5, 0.6) is 0 Å². The molecule has 0 aliphatic carbocycles. The monoisotopic (exact) mass is 347 g/mol. The van der Waals surface area contributed by atoms with E-state index in [9.17, 15) is 8.42 Å². The Labute approximate surface area is 132 Å². The average Bonchev–Trinajstić information content (AvgIpc) is 2.37. The molecule has 106 valence electrons. The lowest BCUT2D eigenvalue weighted by Crippen LogP contribution is -1.99. The maximum absolute atomic E-state index is 11.7. The van der Waals surface area contributed by atoms with Crippen LogP contribution in [0.2, 0.25) is 10.0 Å². The summed E-state index contributed by atoms with van der Waals surface area (Å²) in [7, 11) is -3.25. The molecule has 0 aliphatic rings. The minimum Gasteiger partial charge on any atom is -0.257 e. The first-order chi connectivity index (χ1) is 9.38. The Hall–Kier alpha value is -0.750. The van der Waals surface area contributed by atoms with Crippen molar-refractivity contribution in [2.45, 2.75) is 15.5 Å². The van der Waals surface area contributed by atoms with Crippen molar-refractivity contribution in [1.29, 1.82) is 0 Å². The fourth-order valence-electron chi connectivity index (χ4n) is 1.57. The van der Waals surface area contributed by atoms with Gasteiger partial charge in [0, 0.05) is 23.1 Å². The number of pyridine rings is 1. The molecule has 20 heavy (non-hydrogen) atoms. The van der Waals surface area contributed by atoms with Gasteiger partial charge in [-0.25, -0.2) is 8.42 Å². The summed E-state index contributed by atoms with van der Waals surface area (Å²) < 4.78 is 23.4. The van der Waals surface area contributed by atoms with Gasteiger partial charge in [-0.2, -0.15) is 0 Å². The standard InChI is InChI=1S/C13H11Cl2NO2S2/c1-20(17,18)13-5-3-2-4-12(13)19-8-11-10(15)6-9(14)7-16-11/h2-7H,8H2,1H3. The molecule has 3 nitrogen and oxygen atoms in total. The summed E-state index contributed by atoms with van der Waals surface area (Å²) in [5.41, 5.74) is 0.671. The zero-order valence-corrected chi connectivity index (χ0v) is 13.7. The molecule has 0 bridgehead atoms. The van der Waals surface area contributed by atoms with E-state index < -0.39 is 9.84 Å². The van der Waals surface area contributed by atoms with Gasteiger partial charge in [-0.15, -0.1) is 11.8 Å². The van der Waals surface area contributed by atoms with Crippen molar-refractivity contribution in [1.82, 2.24) is 4.98 Å². The zero-order chi connectivity index (χ0) is 14.8. The van der Waals surface area contributed by atoms with E-state index >= 15 is 0 Å². The number of sulfone groups is 1. The van der Waals surface area contributed by atoms with Crippen LogP contribution in [0.4, 0.5) is 0 Å². The summed E-state index contributed by atoms with van der Waals surface area (Å²) in [5.74, 6) is 0.475. The number of benzene rings is 1. The van der Waals surface area contributed by atoms with Crippen LogP contribution in [0.1, 0.15) is 5.69 Å². The summed E-state index contributed by atoms with van der Waals surface area (Å²) in [6.45, 7) is 0. The van der Waals surface area contributed by atoms with Gasteiger partial charge in [-0.1, -0.05) is 35.3 Å². The number of rotatable bonds is 4. The molecule has 7 heteroatoms. The van der Waals surface area contributed by atoms with Crippen molar-refractivity contribution in [2.75, 3.05) is 6.26 Å². The second-order valence-electron chi connectivity index (χ2n) is 4.09. The molecule has 0 amide bonds. The van der Waals surface area contributed by atoms with Gasteiger partial charge in [0.05, 0.1) is 20.6 Å². The van der Waals surface area contributed by atoms with E-state index in [0.29, 0.717) is 31.3 Å². The summed E-state index contributed by atoms with van der Waals surface area (Å²) >= 11 is 13.2. The molecule has 0 fully saturated rings. The number of nitrogens with zero attached hydrogens (tertiary/aromatic N) is 1. The highest BCUT2D eigenvalue weighted by atomic mass is 35.5. The van der Waals surface area contributed by atoms with Crippen LogP contribution in [0.25, 0.3) is 0 Å². The summed E-state index contributed by atoms with van der Waals surface area (Å²) in [4.78, 5) is 5.15. The smallest absolute Gasteiger partial charge is 0.176 e. The van der Waals surface area contributed by atoms with Crippen LogP contribution >= 0.6 is 35.0 Å². The van der Waals surface area contributed by atoms with Crippen molar-refractivity contribution in [3.63, 3.8) is 0 Å². The van der Waals surface area contributed by atoms with Crippen LogP contribution in [0.3, 0.4) is 0 Å². The highest BCUT2D eigenvalue weighted by Crippen LogP contribution is 2.31. The van der Waals surface area contributed by atoms with E-state index in [-0.39, 0.29) is 0 Å². The van der Waals surface area contributed by atoms with Gasteiger partial charge in [-0.05, 0) is 18.2 Å². The van der Waals surface area contributed by atoms with E-state index in [1.54, 1.807) is 30.3 Å². The predicted octanol–water partition coefficient (Wildman–Crippen LogP) is 4.08. The Kier molecular flexibility index (Phi) is 4.96. The summed E-state index contributed by atoms with van der Waals surface area (Å²) in [5, 5.41) is 0.946. The molecule has 0 saturated heterocycles. The topological polar surface area (TPSA) is 47.0 Å². The Bertz CT molecular complexity index is 733. The minimum atomic E-state index is -3.25. The van der Waals surface area contributed by atoms with Gasteiger partial charge in [0.2, 0.25) is 0 Å². The van der Waals surface area contributed by atoms with E-state index in [2.05, 4.69) is 4.98 Å². The van der Waals surface area contributed by atoms with Gasteiger partial charge in [-0.3, -0.25) is 4.98 Å². The lowest BCUT2D eigenvalue weighted by molar-refractivity contribution is 0.600. The molecule has 1 aromatic carbocycles. The predicted molar refractivity (Wildman–Crippen MR) is 83.4 cm³/mol. The highest BCUT2D eigenvalue weighted by molar-refractivity contribution is 7.99. The number of aromatic nitrogens is 1. The molecular formula is C13H11Cl2NO2S2. The quantitative estimate of drug-likeness (QED) is 0.781. The molecule has 1 heterocycles. The highest BCUT2D eigenvalue weighted by Gasteiger charge is 2.13. The molecule has 0 atom stereocenters. The van der Waals surface area contributed by atoms with Gasteiger partial charge >= 0.3 is 0 Å². The Morgan fingerprint density at radius 3 is 2.60 bits per heavy atom. The molecule has 0 radical (unpaired) electrons. The fraction of sp³-hybridized carbons (Fsp3) is 0.154. The third-order valence-corrected chi connectivity index (χ3v) is 5.40. The van der Waals surface area contributed by atoms with Crippen molar-refractivity contribution >= 4 is 44.8 Å². The molecule has 2 rings (SSSR count). The first kappa shape index (κ1) is 15.6. The Balaban J connectivity index is 2.24. The van der Waals surface area contributed by atoms with E-state index in [0.717, 1.165) is 0 Å². The van der Waals surface area contributed by atoms with E-state index in [1.807, 2.05) is 0 Å². The second kappa shape index (κ2) is 6.35. The first-order valence-electron chi connectivity index (χ1n) is 5.60. The average molecular weight is 348 g/mol. The maximum Gasteiger partial charge on any atom is 0.176 e. The Morgan fingerprint density at radius 1 is 1.25 bits per heavy atom. The van der Waals surface area contributed by atoms with Crippen LogP contribution in [0.15, 0.2) is 46.3 Å². The van der Waals surface area contributed by atoms with Crippen LogP contribution < -0.4 is 0 Å². The summed E-state index contributed by atoms with van der Waals surface area (Å²) in [6, 6.07) is 8.48. The van der Waals surface area contributed by atoms with Gasteiger partial charge in [0.15, 0.2) is 9.84 Å². The third kappa shape index (κ3) is 3.88. The fourth-order valence-corrected chi connectivity index (χ4v) is 4.39. The van der Waals surface area contributed by atoms with Crippen molar-refractivity contribution < 1.29 is 8.42 Å². The van der Waals surface area contributed by atoms with E-state index in [4.69, 9.17) is 23.2 Å². The minimum absolute atomic E-state index is 0.315. The van der Waals surface area contributed by atoms with Crippen molar-refractivity contribution in [3.05, 3.63) is 52.3 Å². The lowest BCUT2D eigenvalue weighted by Gasteiger charge is -2.08. The molecule has 1 aromatic heterocycles. The van der Waals surface area contributed by atoms with Gasteiger partial charge in [0.1, 0.15) is 0 Å². The molecular weight excluding hydrogens is 337 g/mol. The van der Waals surface area contributed by atoms with Crippen LogP contribution in [-0.4, -0.2) is 19.7 Å². The van der Waals surface area contributed by atoms with Gasteiger partial charge < -0.3 is 0 Å².